The van der Waals surface area contributed by atoms with Gasteiger partial charge < -0.3 is 9.15 Å². The Morgan fingerprint density at radius 3 is 2.07 bits per heavy atom. The molecule has 4 rings (SSSR count). The van der Waals surface area contributed by atoms with Crippen LogP contribution in [0.4, 0.5) is 5.82 Å². The summed E-state index contributed by atoms with van der Waals surface area (Å²) in [4.78, 5) is 4.47. The van der Waals surface area contributed by atoms with Crippen LogP contribution in [0.3, 0.4) is 0 Å². The van der Waals surface area contributed by atoms with E-state index >= 15 is 0 Å². The maximum Gasteiger partial charge on any atom is 0.263 e. The normalized spacial score (nSPS) is 11.2. The highest BCUT2D eigenvalue weighted by molar-refractivity contribution is 7.92. The molecular weight excluding hydrogens is 388 g/mol. The molecule has 0 spiro atoms. The van der Waals surface area contributed by atoms with E-state index < -0.39 is 10.0 Å². The van der Waals surface area contributed by atoms with Crippen LogP contribution in [0.1, 0.15) is 5.89 Å². The number of anilines is 1. The third kappa shape index (κ3) is 4.47. The van der Waals surface area contributed by atoms with Gasteiger partial charge in [0.15, 0.2) is 18.2 Å². The van der Waals surface area contributed by atoms with Crippen LogP contribution in [0.5, 0.6) is 5.75 Å². The number of nitrogens with zero attached hydrogens (tertiary/aromatic N) is 1. The van der Waals surface area contributed by atoms with Crippen LogP contribution < -0.4 is 9.46 Å². The molecule has 4 aromatic rings. The Bertz CT molecular complexity index is 1180. The number of para-hydroxylation sites is 1. The summed E-state index contributed by atoms with van der Waals surface area (Å²) in [6.45, 7) is 0.0664. The molecule has 0 saturated carbocycles. The van der Waals surface area contributed by atoms with Crippen molar-refractivity contribution in [1.29, 1.82) is 0 Å². The summed E-state index contributed by atoms with van der Waals surface area (Å²) < 4.78 is 39.6. The first-order chi connectivity index (χ1) is 14.1. The average Bonchev–Trinajstić information content (AvgIpc) is 3.16. The van der Waals surface area contributed by atoms with E-state index in [0.717, 1.165) is 0 Å². The van der Waals surface area contributed by atoms with Crippen molar-refractivity contribution in [3.63, 3.8) is 0 Å². The number of nitrogens with one attached hydrogen (secondary N) is 1. The average molecular weight is 406 g/mol. The van der Waals surface area contributed by atoms with Gasteiger partial charge in [0.2, 0.25) is 5.89 Å². The van der Waals surface area contributed by atoms with Crippen molar-refractivity contribution in [2.75, 3.05) is 4.72 Å². The lowest BCUT2D eigenvalue weighted by atomic mass is 10.2. The minimum Gasteiger partial charge on any atom is -0.484 e. The molecule has 0 atom stereocenters. The van der Waals surface area contributed by atoms with E-state index in [0.29, 0.717) is 17.1 Å². The number of benzene rings is 3. The Morgan fingerprint density at radius 1 is 0.828 bits per heavy atom. The first kappa shape index (κ1) is 18.8. The van der Waals surface area contributed by atoms with Gasteiger partial charge in [0, 0.05) is 5.56 Å². The summed E-state index contributed by atoms with van der Waals surface area (Å²) in [6, 6.07) is 26.6. The van der Waals surface area contributed by atoms with Crippen LogP contribution in [-0.4, -0.2) is 13.4 Å². The Labute approximate surface area is 168 Å². The minimum atomic E-state index is -3.81. The molecule has 1 N–H and O–H groups in total. The number of ether oxygens (including phenoxy) is 1. The van der Waals surface area contributed by atoms with Crippen LogP contribution >= 0.6 is 0 Å². The van der Waals surface area contributed by atoms with Crippen LogP contribution in [0.2, 0.25) is 0 Å². The topological polar surface area (TPSA) is 81.4 Å². The van der Waals surface area contributed by atoms with Gasteiger partial charge in [0.25, 0.3) is 10.0 Å². The van der Waals surface area contributed by atoms with Crippen LogP contribution in [0.25, 0.3) is 11.3 Å². The van der Waals surface area contributed by atoms with Gasteiger partial charge in [-0.05, 0) is 24.3 Å². The van der Waals surface area contributed by atoms with Crippen molar-refractivity contribution in [2.24, 2.45) is 0 Å². The summed E-state index contributed by atoms with van der Waals surface area (Å²) in [7, 11) is -3.81. The highest BCUT2D eigenvalue weighted by atomic mass is 32.2. The fraction of sp³-hybridized carbons (Fsp3) is 0.0455. The first-order valence-electron chi connectivity index (χ1n) is 8.93. The molecule has 0 saturated heterocycles. The Hall–Kier alpha value is -3.58. The number of aromatic nitrogens is 1. The second-order valence-corrected chi connectivity index (χ2v) is 7.85. The predicted octanol–water partition coefficient (Wildman–Crippen LogP) is 4.72. The molecule has 7 heteroatoms. The second-order valence-electron chi connectivity index (χ2n) is 6.17. The van der Waals surface area contributed by atoms with E-state index in [1.165, 1.54) is 12.1 Å². The molecule has 3 aromatic carbocycles. The van der Waals surface area contributed by atoms with E-state index in [2.05, 4.69) is 9.71 Å². The minimum absolute atomic E-state index is 0.0664. The SMILES string of the molecule is O=S(=O)(Nc1nc(COc2ccccc2)oc1-c1ccccc1)c1ccccc1. The number of oxazole rings is 1. The van der Waals surface area contributed by atoms with Crippen LogP contribution in [0, 0.1) is 0 Å². The van der Waals surface area contributed by atoms with E-state index in [9.17, 15) is 8.42 Å². The van der Waals surface area contributed by atoms with Crippen molar-refractivity contribution in [3.8, 4) is 17.1 Å². The third-order valence-corrected chi connectivity index (χ3v) is 5.45. The summed E-state index contributed by atoms with van der Waals surface area (Å²) >= 11 is 0. The van der Waals surface area contributed by atoms with Crippen molar-refractivity contribution in [3.05, 3.63) is 96.9 Å². The molecule has 6 nitrogen and oxygen atoms in total. The number of hydrogen-bond acceptors (Lipinski definition) is 5. The molecule has 0 fully saturated rings. The molecule has 0 aliphatic rings. The zero-order valence-electron chi connectivity index (χ0n) is 15.4. The number of hydrogen-bond donors (Lipinski definition) is 1. The third-order valence-electron chi connectivity index (χ3n) is 4.10. The molecule has 1 aromatic heterocycles. The van der Waals surface area contributed by atoms with Gasteiger partial charge in [-0.2, -0.15) is 4.98 Å². The zero-order valence-corrected chi connectivity index (χ0v) is 16.2. The van der Waals surface area contributed by atoms with Crippen molar-refractivity contribution in [1.82, 2.24) is 4.98 Å². The second kappa shape index (κ2) is 8.20. The molecular formula is C22H18N2O4S. The predicted molar refractivity (Wildman–Crippen MR) is 110 cm³/mol. The standard InChI is InChI=1S/C22H18N2O4S/c25-29(26,19-14-8-3-9-15-19)24-22-21(17-10-4-1-5-11-17)28-20(23-22)16-27-18-12-6-2-7-13-18/h1-15,24H,16H2. The van der Waals surface area contributed by atoms with Gasteiger partial charge in [0.1, 0.15) is 5.75 Å². The number of sulfonamides is 1. The highest BCUT2D eigenvalue weighted by Crippen LogP contribution is 2.31. The van der Waals surface area contributed by atoms with Crippen LogP contribution in [-0.2, 0) is 16.6 Å². The molecule has 29 heavy (non-hydrogen) atoms. The lowest BCUT2D eigenvalue weighted by molar-refractivity contribution is 0.264. The monoisotopic (exact) mass is 406 g/mol. The van der Waals surface area contributed by atoms with Crippen molar-refractivity contribution in [2.45, 2.75) is 11.5 Å². The largest absolute Gasteiger partial charge is 0.484 e. The maximum absolute atomic E-state index is 12.7. The fourth-order valence-corrected chi connectivity index (χ4v) is 3.75. The lowest BCUT2D eigenvalue weighted by Gasteiger charge is -2.06. The van der Waals surface area contributed by atoms with Gasteiger partial charge in [0.05, 0.1) is 4.90 Å². The summed E-state index contributed by atoms with van der Waals surface area (Å²) in [5.41, 5.74) is 0.705. The first-order valence-corrected chi connectivity index (χ1v) is 10.4. The van der Waals surface area contributed by atoms with Gasteiger partial charge in [-0.15, -0.1) is 0 Å². The molecule has 0 aliphatic carbocycles. The summed E-state index contributed by atoms with van der Waals surface area (Å²) in [6.07, 6.45) is 0. The molecule has 0 unspecified atom stereocenters. The number of rotatable bonds is 7. The van der Waals surface area contributed by atoms with E-state index in [1.54, 1.807) is 18.2 Å². The zero-order chi connectivity index (χ0) is 20.1. The Kier molecular flexibility index (Phi) is 5.31. The molecule has 0 bridgehead atoms. The Balaban J connectivity index is 1.65. The molecule has 146 valence electrons. The van der Waals surface area contributed by atoms with E-state index in [4.69, 9.17) is 9.15 Å². The quantitative estimate of drug-likeness (QED) is 0.480. The lowest BCUT2D eigenvalue weighted by Crippen LogP contribution is -2.13. The van der Waals surface area contributed by atoms with Gasteiger partial charge in [-0.3, -0.25) is 4.72 Å². The summed E-state index contributed by atoms with van der Waals surface area (Å²) in [5, 5.41) is 0. The van der Waals surface area contributed by atoms with Crippen LogP contribution in [0.15, 0.2) is 100 Å². The fourth-order valence-electron chi connectivity index (χ4n) is 2.73. The molecule has 0 radical (unpaired) electrons. The van der Waals surface area contributed by atoms with Crippen molar-refractivity contribution >= 4 is 15.8 Å². The van der Waals surface area contributed by atoms with Gasteiger partial charge in [-0.1, -0.05) is 66.7 Å². The summed E-state index contributed by atoms with van der Waals surface area (Å²) in [5.74, 6) is 1.38. The van der Waals surface area contributed by atoms with E-state index in [1.807, 2.05) is 60.7 Å². The smallest absolute Gasteiger partial charge is 0.263 e. The van der Waals surface area contributed by atoms with E-state index in [-0.39, 0.29) is 23.2 Å². The van der Waals surface area contributed by atoms with Gasteiger partial charge in [-0.25, -0.2) is 8.42 Å². The highest BCUT2D eigenvalue weighted by Gasteiger charge is 2.22. The molecule has 0 aliphatic heterocycles. The molecule has 0 amide bonds. The van der Waals surface area contributed by atoms with Gasteiger partial charge >= 0.3 is 0 Å². The molecule has 1 heterocycles. The maximum atomic E-state index is 12.7. The Morgan fingerprint density at radius 2 is 1.41 bits per heavy atom. The van der Waals surface area contributed by atoms with Crippen molar-refractivity contribution < 1.29 is 17.6 Å².